The van der Waals surface area contributed by atoms with Crippen LogP contribution < -0.4 is 10.9 Å². The topological polar surface area (TPSA) is 64.0 Å². The third-order valence-electron chi connectivity index (χ3n) is 4.04. The fraction of sp³-hybridized carbons (Fsp3) is 0.190. The monoisotopic (exact) mass is 413 g/mol. The van der Waals surface area contributed by atoms with Gasteiger partial charge in [-0.05, 0) is 47.9 Å². The first-order valence-corrected chi connectivity index (χ1v) is 10.2. The van der Waals surface area contributed by atoms with Gasteiger partial charge in [-0.2, -0.15) is 9.78 Å². The van der Waals surface area contributed by atoms with E-state index in [9.17, 15) is 9.59 Å². The second kappa shape index (κ2) is 9.08. The Kier molecular flexibility index (Phi) is 6.54. The van der Waals surface area contributed by atoms with Gasteiger partial charge in [-0.3, -0.25) is 9.59 Å². The summed E-state index contributed by atoms with van der Waals surface area (Å²) in [6.07, 6.45) is 0. The summed E-state index contributed by atoms with van der Waals surface area (Å²) in [7, 11) is 0. The van der Waals surface area contributed by atoms with Crippen LogP contribution in [0.25, 0.3) is 5.69 Å². The first-order valence-electron chi connectivity index (χ1n) is 8.81. The normalized spacial score (nSPS) is 10.9. The van der Waals surface area contributed by atoms with Crippen LogP contribution in [0.15, 0.2) is 70.5 Å². The predicted octanol–water partition coefficient (Wildman–Crippen LogP) is 4.74. The Morgan fingerprint density at radius 2 is 1.89 bits per heavy atom. The van der Waals surface area contributed by atoms with Crippen molar-refractivity contribution in [3.63, 3.8) is 0 Å². The van der Waals surface area contributed by atoms with Gasteiger partial charge in [0.2, 0.25) is 5.91 Å². The van der Waals surface area contributed by atoms with E-state index in [2.05, 4.69) is 24.3 Å². The first kappa shape index (κ1) is 20.2. The first-order chi connectivity index (χ1) is 13.4. The van der Waals surface area contributed by atoms with Crippen molar-refractivity contribution in [1.29, 1.82) is 0 Å². The Balaban J connectivity index is 1.69. The van der Waals surface area contributed by atoms with Crippen LogP contribution in [-0.2, 0) is 4.79 Å². The molecule has 5 nitrogen and oxygen atoms in total. The molecule has 0 fully saturated rings. The summed E-state index contributed by atoms with van der Waals surface area (Å²) in [4.78, 5) is 24.4. The van der Waals surface area contributed by atoms with Crippen molar-refractivity contribution < 1.29 is 4.79 Å². The number of hydrogen-bond donors (Lipinski definition) is 1. The van der Waals surface area contributed by atoms with Crippen molar-refractivity contribution in [2.24, 2.45) is 0 Å². The molecule has 0 atom stereocenters. The molecule has 0 bridgehead atoms. The molecule has 0 spiro atoms. The van der Waals surface area contributed by atoms with Crippen molar-refractivity contribution in [3.05, 3.63) is 81.6 Å². The number of amides is 1. The average molecular weight is 414 g/mol. The number of anilines is 1. The number of hydrogen-bond acceptors (Lipinski definition) is 4. The molecule has 28 heavy (non-hydrogen) atoms. The van der Waals surface area contributed by atoms with Crippen LogP contribution in [0, 0.1) is 0 Å². The minimum Gasteiger partial charge on any atom is -0.325 e. The van der Waals surface area contributed by atoms with Crippen molar-refractivity contribution in [2.75, 3.05) is 11.1 Å². The van der Waals surface area contributed by atoms with Gasteiger partial charge in [0.25, 0.3) is 5.56 Å². The molecule has 0 aliphatic rings. The molecule has 1 aromatic heterocycles. The molecule has 1 N–H and O–H groups in total. The van der Waals surface area contributed by atoms with Crippen LogP contribution in [0.3, 0.4) is 0 Å². The summed E-state index contributed by atoms with van der Waals surface area (Å²) in [5, 5.41) is 8.31. The lowest BCUT2D eigenvalue weighted by atomic mass is 10.0. The lowest BCUT2D eigenvalue weighted by Gasteiger charge is -2.09. The molecular weight excluding hydrogens is 394 g/mol. The van der Waals surface area contributed by atoms with Gasteiger partial charge in [-0.15, -0.1) is 0 Å². The summed E-state index contributed by atoms with van der Waals surface area (Å²) < 4.78 is 1.35. The summed E-state index contributed by atoms with van der Waals surface area (Å²) >= 11 is 7.18. The predicted molar refractivity (Wildman–Crippen MR) is 115 cm³/mol. The number of nitrogens with one attached hydrogen (secondary N) is 1. The van der Waals surface area contributed by atoms with Gasteiger partial charge in [-0.25, -0.2) is 0 Å². The van der Waals surface area contributed by atoms with Crippen LogP contribution in [0.1, 0.15) is 25.3 Å². The highest BCUT2D eigenvalue weighted by molar-refractivity contribution is 7.99. The molecule has 2 aromatic carbocycles. The molecule has 0 aliphatic heterocycles. The van der Waals surface area contributed by atoms with Crippen molar-refractivity contribution in [1.82, 2.24) is 9.78 Å². The maximum atomic E-state index is 12.2. The van der Waals surface area contributed by atoms with E-state index < -0.39 is 0 Å². The number of aromatic nitrogens is 2. The van der Waals surface area contributed by atoms with E-state index in [0.717, 1.165) is 0 Å². The molecule has 1 amide bonds. The van der Waals surface area contributed by atoms with E-state index >= 15 is 0 Å². The van der Waals surface area contributed by atoms with Crippen LogP contribution in [0.5, 0.6) is 0 Å². The van der Waals surface area contributed by atoms with Crippen molar-refractivity contribution >= 4 is 35.0 Å². The number of carbonyl (C=O) groups excluding carboxylic acids is 1. The van der Waals surface area contributed by atoms with Gasteiger partial charge in [-0.1, -0.05) is 55.4 Å². The number of benzene rings is 2. The number of rotatable bonds is 6. The summed E-state index contributed by atoms with van der Waals surface area (Å²) in [6, 6.07) is 17.8. The third-order valence-corrected chi connectivity index (χ3v) is 5.19. The van der Waals surface area contributed by atoms with E-state index in [1.807, 2.05) is 24.3 Å². The Morgan fingerprint density at radius 1 is 1.14 bits per heavy atom. The smallest absolute Gasteiger partial charge is 0.271 e. The molecule has 144 valence electrons. The SMILES string of the molecule is CC(C)c1ccc(-n2nc(SCC(=O)Nc3cccc(Cl)c3)ccc2=O)cc1. The van der Waals surface area contributed by atoms with Crippen LogP contribution >= 0.6 is 23.4 Å². The van der Waals surface area contributed by atoms with Gasteiger partial charge in [0.05, 0.1) is 11.4 Å². The van der Waals surface area contributed by atoms with E-state index in [-0.39, 0.29) is 17.2 Å². The Labute approximate surface area is 172 Å². The van der Waals surface area contributed by atoms with Crippen LogP contribution in [0.2, 0.25) is 5.02 Å². The van der Waals surface area contributed by atoms with E-state index in [1.165, 1.54) is 28.1 Å². The zero-order valence-corrected chi connectivity index (χ0v) is 17.1. The van der Waals surface area contributed by atoms with E-state index in [0.29, 0.717) is 27.3 Å². The molecule has 7 heteroatoms. The summed E-state index contributed by atoms with van der Waals surface area (Å²) in [5.41, 5.74) is 2.31. The van der Waals surface area contributed by atoms with Gasteiger partial charge in [0.1, 0.15) is 5.03 Å². The van der Waals surface area contributed by atoms with Gasteiger partial charge >= 0.3 is 0 Å². The fourth-order valence-electron chi connectivity index (χ4n) is 2.56. The quantitative estimate of drug-likeness (QED) is 0.593. The van der Waals surface area contributed by atoms with Gasteiger partial charge in [0.15, 0.2) is 0 Å². The zero-order chi connectivity index (χ0) is 20.1. The lowest BCUT2D eigenvalue weighted by Crippen LogP contribution is -2.21. The zero-order valence-electron chi connectivity index (χ0n) is 15.6. The highest BCUT2D eigenvalue weighted by atomic mass is 35.5. The average Bonchev–Trinajstić information content (AvgIpc) is 2.67. The standard InChI is InChI=1S/C21H20ClN3O2S/c1-14(2)15-6-8-18(9-7-15)25-21(27)11-10-20(24-25)28-13-19(26)23-17-5-3-4-16(22)12-17/h3-12,14H,13H2,1-2H3,(H,23,26). The number of halogens is 1. The van der Waals surface area contributed by atoms with E-state index in [4.69, 9.17) is 11.6 Å². The van der Waals surface area contributed by atoms with Crippen molar-refractivity contribution in [2.45, 2.75) is 24.8 Å². The third kappa shape index (κ3) is 5.24. The van der Waals surface area contributed by atoms with Gasteiger partial charge < -0.3 is 5.32 Å². The molecule has 3 rings (SSSR count). The minimum absolute atomic E-state index is 0.171. The number of nitrogens with zero attached hydrogens (tertiary/aromatic N) is 2. The number of thioether (sulfide) groups is 1. The number of carbonyl (C=O) groups is 1. The molecule has 3 aromatic rings. The maximum Gasteiger partial charge on any atom is 0.271 e. The lowest BCUT2D eigenvalue weighted by molar-refractivity contribution is -0.113. The van der Waals surface area contributed by atoms with Crippen LogP contribution in [0.4, 0.5) is 5.69 Å². The van der Waals surface area contributed by atoms with Crippen molar-refractivity contribution in [3.8, 4) is 5.69 Å². The molecule has 1 heterocycles. The molecule has 0 saturated heterocycles. The second-order valence-corrected chi connectivity index (χ2v) is 7.95. The van der Waals surface area contributed by atoms with E-state index in [1.54, 1.807) is 30.3 Å². The Hall–Kier alpha value is -2.57. The molecule has 0 aliphatic carbocycles. The molecule has 0 unspecified atom stereocenters. The summed E-state index contributed by atoms with van der Waals surface area (Å²) in [6.45, 7) is 4.23. The largest absolute Gasteiger partial charge is 0.325 e. The highest BCUT2D eigenvalue weighted by Gasteiger charge is 2.08. The molecular formula is C21H20ClN3O2S. The maximum absolute atomic E-state index is 12.2. The second-order valence-electron chi connectivity index (χ2n) is 6.52. The Morgan fingerprint density at radius 3 is 2.57 bits per heavy atom. The highest BCUT2D eigenvalue weighted by Crippen LogP contribution is 2.19. The Bertz CT molecular complexity index is 1030. The van der Waals surface area contributed by atoms with Gasteiger partial charge in [0, 0.05) is 16.8 Å². The molecule has 0 radical (unpaired) electrons. The fourth-order valence-corrected chi connectivity index (χ4v) is 3.40. The molecule has 0 saturated carbocycles. The van der Waals surface area contributed by atoms with Crippen LogP contribution in [-0.4, -0.2) is 21.4 Å². The minimum atomic E-state index is -0.218. The summed E-state index contributed by atoms with van der Waals surface area (Å²) in [5.74, 6) is 0.413.